The number of anilines is 1. The molecule has 0 aliphatic rings. The van der Waals surface area contributed by atoms with Crippen LogP contribution in [0.25, 0.3) is 0 Å². The van der Waals surface area contributed by atoms with Crippen molar-refractivity contribution in [2.75, 3.05) is 19.1 Å². The monoisotopic (exact) mass is 335 g/mol. The van der Waals surface area contributed by atoms with Crippen LogP contribution < -0.4 is 20.1 Å². The molecular weight excluding hydrogens is 318 g/mol. The zero-order valence-electron chi connectivity index (χ0n) is 12.4. The highest BCUT2D eigenvalue weighted by atomic mass is 32.2. The van der Waals surface area contributed by atoms with Gasteiger partial charge in [-0.3, -0.25) is 0 Å². The van der Waals surface area contributed by atoms with E-state index in [1.54, 1.807) is 42.5 Å². The Kier molecular flexibility index (Phi) is 5.56. The second-order valence-corrected chi connectivity index (χ2v) is 6.24. The zero-order valence-corrected chi connectivity index (χ0v) is 13.3. The van der Waals surface area contributed by atoms with Crippen molar-refractivity contribution in [1.29, 1.82) is 0 Å². The number of benzene rings is 2. The number of methoxy groups -OCH3 is 1. The molecule has 2 aromatic rings. The van der Waals surface area contributed by atoms with Crippen molar-refractivity contribution in [2.45, 2.75) is 4.90 Å². The number of sulfonamides is 1. The fraction of sp³-hybridized carbons (Fsp3) is 0.133. The number of urea groups is 1. The van der Waals surface area contributed by atoms with Crippen LogP contribution in [0.5, 0.6) is 5.75 Å². The summed E-state index contributed by atoms with van der Waals surface area (Å²) in [4.78, 5) is 11.9. The number of para-hydroxylation sites is 2. The van der Waals surface area contributed by atoms with Crippen molar-refractivity contribution in [3.8, 4) is 5.75 Å². The van der Waals surface area contributed by atoms with Gasteiger partial charge in [-0.1, -0.05) is 30.3 Å². The van der Waals surface area contributed by atoms with Gasteiger partial charge in [-0.15, -0.1) is 0 Å². The predicted molar refractivity (Wildman–Crippen MR) is 86.8 cm³/mol. The number of nitrogens with one attached hydrogen (secondary N) is 3. The average Bonchev–Trinajstić information content (AvgIpc) is 2.56. The highest BCUT2D eigenvalue weighted by molar-refractivity contribution is 7.89. The number of hydrogen-bond acceptors (Lipinski definition) is 4. The maximum Gasteiger partial charge on any atom is 0.320 e. The van der Waals surface area contributed by atoms with Crippen LogP contribution in [0.2, 0.25) is 0 Å². The molecule has 122 valence electrons. The van der Waals surface area contributed by atoms with Crippen molar-refractivity contribution in [2.24, 2.45) is 0 Å². The summed E-state index contributed by atoms with van der Waals surface area (Å²) in [6.45, 7) is -0.238. The van der Waals surface area contributed by atoms with Gasteiger partial charge in [0.05, 0.1) is 24.4 Å². The largest absolute Gasteiger partial charge is 0.495 e. The van der Waals surface area contributed by atoms with Crippen LogP contribution >= 0.6 is 0 Å². The summed E-state index contributed by atoms with van der Waals surface area (Å²) in [5.74, 6) is 0.507. The Morgan fingerprint density at radius 1 is 1.04 bits per heavy atom. The van der Waals surface area contributed by atoms with Gasteiger partial charge in [0.25, 0.3) is 0 Å². The molecule has 2 aromatic carbocycles. The molecule has 0 unspecified atom stereocenters. The molecule has 7 nitrogen and oxygen atoms in total. The van der Waals surface area contributed by atoms with Gasteiger partial charge in [-0.05, 0) is 24.3 Å². The normalized spacial score (nSPS) is 10.8. The van der Waals surface area contributed by atoms with Crippen LogP contribution in [0.3, 0.4) is 0 Å². The van der Waals surface area contributed by atoms with Crippen LogP contribution in [-0.2, 0) is 10.0 Å². The summed E-state index contributed by atoms with van der Waals surface area (Å²) in [6, 6.07) is 14.2. The predicted octanol–water partition coefficient (Wildman–Crippen LogP) is 1.75. The number of ether oxygens (including phenoxy) is 1. The van der Waals surface area contributed by atoms with Gasteiger partial charge in [0.1, 0.15) is 5.75 Å². The summed E-state index contributed by atoms with van der Waals surface area (Å²) < 4.78 is 31.3. The third kappa shape index (κ3) is 4.70. The van der Waals surface area contributed by atoms with Crippen LogP contribution in [0.15, 0.2) is 59.5 Å². The van der Waals surface area contributed by atoms with Crippen molar-refractivity contribution in [3.05, 3.63) is 54.6 Å². The first-order chi connectivity index (χ1) is 11.0. The maximum absolute atomic E-state index is 12.0. The van der Waals surface area contributed by atoms with Gasteiger partial charge in [0, 0.05) is 0 Å². The molecule has 0 saturated carbocycles. The number of amides is 2. The summed E-state index contributed by atoms with van der Waals surface area (Å²) in [5.41, 5.74) is 0.485. The Bertz CT molecular complexity index is 763. The van der Waals surface area contributed by atoms with E-state index in [0.717, 1.165) is 0 Å². The number of carbonyl (C=O) groups is 1. The minimum atomic E-state index is -3.66. The fourth-order valence-electron chi connectivity index (χ4n) is 1.81. The highest BCUT2D eigenvalue weighted by Crippen LogP contribution is 2.22. The fourth-order valence-corrected chi connectivity index (χ4v) is 2.75. The average molecular weight is 335 g/mol. The standard InChI is InChI=1S/C15H17N3O4S/c1-22-14-10-6-5-9-13(14)18-15(19)16-11-17-23(20,21)12-7-3-2-4-8-12/h2-10,17H,11H2,1H3,(H2,16,18,19). The van der Waals surface area contributed by atoms with Gasteiger partial charge < -0.3 is 15.4 Å². The minimum absolute atomic E-state index is 0.131. The second-order valence-electron chi connectivity index (χ2n) is 4.47. The molecular formula is C15H17N3O4S. The molecule has 0 atom stereocenters. The lowest BCUT2D eigenvalue weighted by Crippen LogP contribution is -2.39. The lowest BCUT2D eigenvalue weighted by atomic mass is 10.3. The van der Waals surface area contributed by atoms with E-state index in [1.807, 2.05) is 0 Å². The first-order valence-corrected chi connectivity index (χ1v) is 8.24. The van der Waals surface area contributed by atoms with Gasteiger partial charge >= 0.3 is 6.03 Å². The maximum atomic E-state index is 12.0. The van der Waals surface area contributed by atoms with E-state index in [9.17, 15) is 13.2 Å². The molecule has 0 aromatic heterocycles. The molecule has 0 heterocycles. The molecule has 0 aliphatic carbocycles. The third-order valence-corrected chi connectivity index (χ3v) is 4.34. The highest BCUT2D eigenvalue weighted by Gasteiger charge is 2.13. The summed E-state index contributed by atoms with van der Waals surface area (Å²) >= 11 is 0. The molecule has 0 radical (unpaired) electrons. The molecule has 0 bridgehead atoms. The van der Waals surface area contributed by atoms with Gasteiger partial charge in [0.2, 0.25) is 10.0 Å². The second kappa shape index (κ2) is 7.61. The van der Waals surface area contributed by atoms with Gasteiger partial charge in [-0.25, -0.2) is 13.2 Å². The lowest BCUT2D eigenvalue weighted by Gasteiger charge is -2.11. The van der Waals surface area contributed by atoms with E-state index in [4.69, 9.17) is 4.74 Å². The molecule has 8 heteroatoms. The van der Waals surface area contributed by atoms with Crippen molar-refractivity contribution >= 4 is 21.7 Å². The Hall–Kier alpha value is -2.58. The first kappa shape index (κ1) is 16.8. The van der Waals surface area contributed by atoms with E-state index < -0.39 is 16.1 Å². The third-order valence-electron chi connectivity index (χ3n) is 2.92. The number of carbonyl (C=O) groups excluding carboxylic acids is 1. The minimum Gasteiger partial charge on any atom is -0.495 e. The number of rotatable bonds is 6. The molecule has 0 spiro atoms. The van der Waals surface area contributed by atoms with Crippen LogP contribution in [0, 0.1) is 0 Å². The van der Waals surface area contributed by atoms with Crippen molar-refractivity contribution < 1.29 is 17.9 Å². The Morgan fingerprint density at radius 2 is 1.70 bits per heavy atom. The van der Waals surface area contributed by atoms with Gasteiger partial charge in [0.15, 0.2) is 0 Å². The van der Waals surface area contributed by atoms with Crippen LogP contribution in [-0.4, -0.2) is 28.2 Å². The van der Waals surface area contributed by atoms with E-state index >= 15 is 0 Å². The topological polar surface area (TPSA) is 96.5 Å². The Balaban J connectivity index is 1.88. The van der Waals surface area contributed by atoms with Crippen molar-refractivity contribution in [3.63, 3.8) is 0 Å². The molecule has 2 amide bonds. The molecule has 3 N–H and O–H groups in total. The molecule has 23 heavy (non-hydrogen) atoms. The van der Waals surface area contributed by atoms with Crippen molar-refractivity contribution in [1.82, 2.24) is 10.0 Å². The molecule has 0 aliphatic heterocycles. The zero-order chi connectivity index (χ0) is 16.7. The summed E-state index contributed by atoms with van der Waals surface area (Å²) in [7, 11) is -2.17. The molecule has 0 saturated heterocycles. The summed E-state index contributed by atoms with van der Waals surface area (Å²) in [6.07, 6.45) is 0. The van der Waals surface area contributed by atoms with E-state index in [2.05, 4.69) is 15.4 Å². The molecule has 2 rings (SSSR count). The smallest absolute Gasteiger partial charge is 0.320 e. The van der Waals surface area contributed by atoms with E-state index in [-0.39, 0.29) is 11.6 Å². The number of hydrogen-bond donors (Lipinski definition) is 3. The first-order valence-electron chi connectivity index (χ1n) is 6.75. The van der Waals surface area contributed by atoms with Gasteiger partial charge in [-0.2, -0.15) is 4.72 Å². The Morgan fingerprint density at radius 3 is 2.39 bits per heavy atom. The lowest BCUT2D eigenvalue weighted by molar-refractivity contribution is 0.252. The quantitative estimate of drug-likeness (QED) is 0.701. The van der Waals surface area contributed by atoms with E-state index in [0.29, 0.717) is 11.4 Å². The van der Waals surface area contributed by atoms with Crippen LogP contribution in [0.4, 0.5) is 10.5 Å². The van der Waals surface area contributed by atoms with Crippen LogP contribution in [0.1, 0.15) is 0 Å². The summed E-state index contributed by atoms with van der Waals surface area (Å²) in [5, 5.41) is 4.99. The van der Waals surface area contributed by atoms with E-state index in [1.165, 1.54) is 19.2 Å². The SMILES string of the molecule is COc1ccccc1NC(=O)NCNS(=O)(=O)c1ccccc1. The molecule has 0 fully saturated rings. The Labute approximate surface area is 134 Å².